The predicted molar refractivity (Wildman–Crippen MR) is 85.6 cm³/mol. The van der Waals surface area contributed by atoms with E-state index in [2.05, 4.69) is 9.88 Å². The van der Waals surface area contributed by atoms with Crippen molar-refractivity contribution < 1.29 is 0 Å². The van der Waals surface area contributed by atoms with Gasteiger partial charge in [0.05, 0.1) is 11.0 Å². The maximum absolute atomic E-state index is 12.2. The summed E-state index contributed by atoms with van der Waals surface area (Å²) in [5.41, 5.74) is 7.53. The minimum atomic E-state index is 0.0257. The largest absolute Gasteiger partial charge is 0.330 e. The number of nitrogens with two attached hydrogens (primary N) is 1. The standard InChI is InChI=1S/C16H24N4O/c17-9-3-4-10-19-11-7-13(8-12-19)20-15-6-2-1-5-14(15)18-16(20)21/h1-2,5-6,13H,3-4,7-12,17H2,(H,18,21). The highest BCUT2D eigenvalue weighted by molar-refractivity contribution is 5.75. The van der Waals surface area contributed by atoms with Gasteiger partial charge in [-0.05, 0) is 50.9 Å². The van der Waals surface area contributed by atoms with Gasteiger partial charge >= 0.3 is 5.69 Å². The molecule has 5 nitrogen and oxygen atoms in total. The number of imidazole rings is 1. The molecule has 1 aliphatic heterocycles. The molecule has 0 spiro atoms. The Morgan fingerprint density at radius 3 is 2.71 bits per heavy atom. The van der Waals surface area contributed by atoms with Gasteiger partial charge in [-0.25, -0.2) is 4.79 Å². The molecule has 0 bridgehead atoms. The van der Waals surface area contributed by atoms with Gasteiger partial charge in [-0.2, -0.15) is 0 Å². The first-order chi connectivity index (χ1) is 10.3. The minimum absolute atomic E-state index is 0.0257. The number of para-hydroxylation sites is 2. The van der Waals surface area contributed by atoms with E-state index in [4.69, 9.17) is 5.73 Å². The van der Waals surface area contributed by atoms with Crippen molar-refractivity contribution in [2.45, 2.75) is 31.7 Å². The van der Waals surface area contributed by atoms with Gasteiger partial charge in [0.2, 0.25) is 0 Å². The van der Waals surface area contributed by atoms with Crippen molar-refractivity contribution in [1.82, 2.24) is 14.5 Å². The highest BCUT2D eigenvalue weighted by atomic mass is 16.1. The molecule has 1 saturated heterocycles. The lowest BCUT2D eigenvalue weighted by atomic mass is 10.0. The summed E-state index contributed by atoms with van der Waals surface area (Å²) in [6.45, 7) is 4.05. The molecule has 3 rings (SSSR count). The zero-order chi connectivity index (χ0) is 14.7. The maximum Gasteiger partial charge on any atom is 0.326 e. The molecule has 0 saturated carbocycles. The number of piperidine rings is 1. The first-order valence-corrected chi connectivity index (χ1v) is 7.91. The van der Waals surface area contributed by atoms with Crippen molar-refractivity contribution >= 4 is 11.0 Å². The molecule has 1 aliphatic rings. The molecule has 1 fully saturated rings. The molecule has 1 aromatic carbocycles. The van der Waals surface area contributed by atoms with Crippen LogP contribution in [-0.2, 0) is 0 Å². The summed E-state index contributed by atoms with van der Waals surface area (Å²) in [4.78, 5) is 17.7. The molecule has 0 aliphatic carbocycles. The molecular weight excluding hydrogens is 264 g/mol. The SMILES string of the molecule is NCCCCN1CCC(n2c(=O)[nH]c3ccccc32)CC1. The van der Waals surface area contributed by atoms with Crippen LogP contribution < -0.4 is 11.4 Å². The van der Waals surface area contributed by atoms with E-state index in [0.717, 1.165) is 56.5 Å². The lowest BCUT2D eigenvalue weighted by Gasteiger charge is -2.32. The summed E-state index contributed by atoms with van der Waals surface area (Å²) in [6.07, 6.45) is 4.37. The summed E-state index contributed by atoms with van der Waals surface area (Å²) >= 11 is 0. The van der Waals surface area contributed by atoms with Gasteiger partial charge in [-0.15, -0.1) is 0 Å². The lowest BCUT2D eigenvalue weighted by molar-refractivity contribution is 0.184. The van der Waals surface area contributed by atoms with Crippen LogP contribution in [0, 0.1) is 0 Å². The highest BCUT2D eigenvalue weighted by Gasteiger charge is 2.22. The number of hydrogen-bond donors (Lipinski definition) is 2. The first-order valence-electron chi connectivity index (χ1n) is 7.91. The van der Waals surface area contributed by atoms with Crippen LogP contribution >= 0.6 is 0 Å². The molecule has 5 heteroatoms. The molecule has 1 aromatic heterocycles. The van der Waals surface area contributed by atoms with Gasteiger partial charge < -0.3 is 15.6 Å². The molecule has 0 unspecified atom stereocenters. The average Bonchev–Trinajstić information content (AvgIpc) is 2.84. The Labute approximate surface area is 124 Å². The number of aromatic amines is 1. The molecule has 3 N–H and O–H groups in total. The van der Waals surface area contributed by atoms with Crippen LogP contribution in [0.2, 0.25) is 0 Å². The Hall–Kier alpha value is -1.59. The Morgan fingerprint density at radius 1 is 1.19 bits per heavy atom. The van der Waals surface area contributed by atoms with Gasteiger partial charge in [0.15, 0.2) is 0 Å². The average molecular weight is 288 g/mol. The summed E-state index contributed by atoms with van der Waals surface area (Å²) in [6, 6.07) is 8.27. The maximum atomic E-state index is 12.2. The molecule has 0 amide bonds. The van der Waals surface area contributed by atoms with Crippen molar-refractivity contribution in [1.29, 1.82) is 0 Å². The molecule has 0 atom stereocenters. The lowest BCUT2D eigenvalue weighted by Crippen LogP contribution is -2.37. The van der Waals surface area contributed by atoms with Crippen molar-refractivity contribution in [2.75, 3.05) is 26.2 Å². The smallest absolute Gasteiger partial charge is 0.326 e. The third-order valence-electron chi connectivity index (χ3n) is 4.47. The second-order valence-corrected chi connectivity index (χ2v) is 5.89. The van der Waals surface area contributed by atoms with Crippen LogP contribution in [0.3, 0.4) is 0 Å². The molecule has 0 radical (unpaired) electrons. The van der Waals surface area contributed by atoms with E-state index in [-0.39, 0.29) is 5.69 Å². The third-order valence-corrected chi connectivity index (χ3v) is 4.47. The minimum Gasteiger partial charge on any atom is -0.330 e. The fourth-order valence-corrected chi connectivity index (χ4v) is 3.32. The van der Waals surface area contributed by atoms with Crippen molar-refractivity contribution in [2.24, 2.45) is 5.73 Å². The fourth-order valence-electron chi connectivity index (χ4n) is 3.32. The normalized spacial score (nSPS) is 17.6. The van der Waals surface area contributed by atoms with E-state index in [0.29, 0.717) is 6.04 Å². The van der Waals surface area contributed by atoms with E-state index in [9.17, 15) is 4.79 Å². The number of nitrogens with one attached hydrogen (secondary N) is 1. The van der Waals surface area contributed by atoms with Crippen LogP contribution in [0.15, 0.2) is 29.1 Å². The molecule has 2 aromatic rings. The number of rotatable bonds is 5. The van der Waals surface area contributed by atoms with E-state index in [1.54, 1.807) is 0 Å². The Kier molecular flexibility index (Phi) is 4.41. The van der Waals surface area contributed by atoms with Crippen LogP contribution in [0.5, 0.6) is 0 Å². The van der Waals surface area contributed by atoms with Crippen molar-refractivity contribution in [3.63, 3.8) is 0 Å². The highest BCUT2D eigenvalue weighted by Crippen LogP contribution is 2.24. The zero-order valence-electron chi connectivity index (χ0n) is 12.4. The monoisotopic (exact) mass is 288 g/mol. The number of H-pyrrole nitrogens is 1. The number of likely N-dealkylation sites (tertiary alicyclic amines) is 1. The number of nitrogens with zero attached hydrogens (tertiary/aromatic N) is 2. The number of fused-ring (bicyclic) bond motifs is 1. The molecular formula is C16H24N4O. The van der Waals surface area contributed by atoms with E-state index < -0.39 is 0 Å². The van der Waals surface area contributed by atoms with Crippen LogP contribution in [0.1, 0.15) is 31.7 Å². The molecule has 21 heavy (non-hydrogen) atoms. The predicted octanol–water partition coefficient (Wildman–Crippen LogP) is 1.71. The van der Waals surface area contributed by atoms with E-state index >= 15 is 0 Å². The Bertz CT molecular complexity index is 637. The Balaban J connectivity index is 1.68. The summed E-state index contributed by atoms with van der Waals surface area (Å²) in [5.74, 6) is 0. The van der Waals surface area contributed by atoms with Crippen LogP contribution in [0.25, 0.3) is 11.0 Å². The number of hydrogen-bond acceptors (Lipinski definition) is 3. The third kappa shape index (κ3) is 3.04. The van der Waals surface area contributed by atoms with Gasteiger partial charge in [0.25, 0.3) is 0 Å². The van der Waals surface area contributed by atoms with E-state index in [1.807, 2.05) is 28.8 Å². The van der Waals surface area contributed by atoms with Crippen LogP contribution in [-0.4, -0.2) is 40.6 Å². The zero-order valence-corrected chi connectivity index (χ0v) is 12.4. The topological polar surface area (TPSA) is 67.0 Å². The molecule has 2 heterocycles. The van der Waals surface area contributed by atoms with Crippen molar-refractivity contribution in [3.05, 3.63) is 34.7 Å². The van der Waals surface area contributed by atoms with Gasteiger partial charge in [-0.3, -0.25) is 4.57 Å². The summed E-state index contributed by atoms with van der Waals surface area (Å²) < 4.78 is 1.95. The van der Waals surface area contributed by atoms with Gasteiger partial charge in [0.1, 0.15) is 0 Å². The number of unbranched alkanes of at least 4 members (excludes halogenated alkanes) is 1. The number of aromatic nitrogens is 2. The molecule has 114 valence electrons. The summed E-state index contributed by atoms with van der Waals surface area (Å²) in [5, 5.41) is 0. The van der Waals surface area contributed by atoms with Gasteiger partial charge in [0, 0.05) is 19.1 Å². The second kappa shape index (κ2) is 6.45. The number of benzene rings is 1. The second-order valence-electron chi connectivity index (χ2n) is 5.89. The van der Waals surface area contributed by atoms with E-state index in [1.165, 1.54) is 6.42 Å². The first kappa shape index (κ1) is 14.4. The van der Waals surface area contributed by atoms with Gasteiger partial charge in [-0.1, -0.05) is 12.1 Å². The van der Waals surface area contributed by atoms with Crippen molar-refractivity contribution in [3.8, 4) is 0 Å². The fraction of sp³-hybridized carbons (Fsp3) is 0.562. The van der Waals surface area contributed by atoms with Crippen LogP contribution in [0.4, 0.5) is 0 Å². The quantitative estimate of drug-likeness (QED) is 0.823. The summed E-state index contributed by atoms with van der Waals surface area (Å²) in [7, 11) is 0. The Morgan fingerprint density at radius 2 is 1.95 bits per heavy atom.